The Labute approximate surface area is 108 Å². The summed E-state index contributed by atoms with van der Waals surface area (Å²) in [6.45, 7) is 0. The van der Waals surface area contributed by atoms with Gasteiger partial charge in [-0.15, -0.1) is 0 Å². The molecule has 0 atom stereocenters. The van der Waals surface area contributed by atoms with Gasteiger partial charge in [0.1, 0.15) is 10.8 Å². The Hall–Kier alpha value is -1.26. The van der Waals surface area contributed by atoms with Gasteiger partial charge in [-0.3, -0.25) is 0 Å². The van der Waals surface area contributed by atoms with Crippen molar-refractivity contribution in [3.8, 4) is 5.75 Å². The molecule has 17 heavy (non-hydrogen) atoms. The van der Waals surface area contributed by atoms with Crippen LogP contribution in [0.25, 0.3) is 0 Å². The topological polar surface area (TPSA) is 22.1 Å². The summed E-state index contributed by atoms with van der Waals surface area (Å²) >= 11 is 6.87. The van der Waals surface area contributed by atoms with Gasteiger partial charge in [0.25, 0.3) is 0 Å². The van der Waals surface area contributed by atoms with Gasteiger partial charge in [0, 0.05) is 11.1 Å². The fraction of sp³-hybridized carbons (Fsp3) is 0.0833. The van der Waals surface area contributed by atoms with Gasteiger partial charge in [0.05, 0.1) is 12.1 Å². The molecule has 1 heterocycles. The highest BCUT2D eigenvalue weighted by molar-refractivity contribution is 7.99. The lowest BCUT2D eigenvalue weighted by Gasteiger charge is -2.04. The summed E-state index contributed by atoms with van der Waals surface area (Å²) in [4.78, 5) is 4.83. The molecule has 2 aromatic rings. The first-order valence-electron chi connectivity index (χ1n) is 4.82. The molecule has 0 spiro atoms. The molecule has 0 saturated heterocycles. The molecule has 0 bridgehead atoms. The van der Waals surface area contributed by atoms with Crippen molar-refractivity contribution in [2.75, 3.05) is 7.11 Å². The molecule has 0 amide bonds. The van der Waals surface area contributed by atoms with Gasteiger partial charge in [0.15, 0.2) is 5.82 Å². The Morgan fingerprint density at radius 2 is 2.00 bits per heavy atom. The first-order chi connectivity index (χ1) is 8.19. The van der Waals surface area contributed by atoms with Crippen LogP contribution < -0.4 is 4.74 Å². The Balaban J connectivity index is 2.19. The van der Waals surface area contributed by atoms with Crippen molar-refractivity contribution in [2.45, 2.75) is 9.92 Å². The molecule has 1 aromatic carbocycles. The number of hydrogen-bond acceptors (Lipinski definition) is 3. The van der Waals surface area contributed by atoms with Crippen LogP contribution in [0.3, 0.4) is 0 Å². The third-order valence-corrected chi connectivity index (χ3v) is 3.26. The highest BCUT2D eigenvalue weighted by Gasteiger charge is 2.06. The number of halogens is 2. The van der Waals surface area contributed by atoms with Crippen molar-refractivity contribution in [1.82, 2.24) is 4.98 Å². The van der Waals surface area contributed by atoms with Gasteiger partial charge in [-0.25, -0.2) is 9.37 Å². The predicted octanol–water partition coefficient (Wildman–Crippen LogP) is 4.03. The second kappa shape index (κ2) is 5.38. The van der Waals surface area contributed by atoms with Crippen molar-refractivity contribution < 1.29 is 9.13 Å². The normalized spacial score (nSPS) is 10.3. The molecular formula is C12H9ClFNOS. The van der Waals surface area contributed by atoms with E-state index in [1.165, 1.54) is 24.0 Å². The largest absolute Gasteiger partial charge is 0.497 e. The van der Waals surface area contributed by atoms with Crippen LogP contribution in [0.2, 0.25) is 5.02 Å². The second-order valence-electron chi connectivity index (χ2n) is 3.22. The first-order valence-corrected chi connectivity index (χ1v) is 6.01. The zero-order valence-electron chi connectivity index (χ0n) is 8.98. The Morgan fingerprint density at radius 3 is 2.59 bits per heavy atom. The lowest BCUT2D eigenvalue weighted by molar-refractivity contribution is 0.414. The summed E-state index contributed by atoms with van der Waals surface area (Å²) in [5, 5.41) is 0.598. The van der Waals surface area contributed by atoms with Crippen molar-refractivity contribution in [3.63, 3.8) is 0 Å². The van der Waals surface area contributed by atoms with Crippen LogP contribution in [0.4, 0.5) is 4.39 Å². The molecule has 0 aliphatic heterocycles. The SMILES string of the molecule is COc1ccc(Sc2ncc(Cl)cc2F)cc1. The molecule has 5 heteroatoms. The van der Waals surface area contributed by atoms with E-state index in [1.54, 1.807) is 7.11 Å². The van der Waals surface area contributed by atoms with Crippen LogP contribution in [0.1, 0.15) is 0 Å². The summed E-state index contributed by atoms with van der Waals surface area (Å²) in [7, 11) is 1.60. The zero-order chi connectivity index (χ0) is 12.3. The van der Waals surface area contributed by atoms with E-state index in [-0.39, 0.29) is 0 Å². The van der Waals surface area contributed by atoms with Gasteiger partial charge in [0.2, 0.25) is 0 Å². The molecule has 0 unspecified atom stereocenters. The Kier molecular flexibility index (Phi) is 3.86. The van der Waals surface area contributed by atoms with E-state index in [0.29, 0.717) is 10.0 Å². The van der Waals surface area contributed by atoms with Crippen molar-refractivity contribution in [2.24, 2.45) is 0 Å². The van der Waals surface area contributed by atoms with Crippen LogP contribution in [-0.2, 0) is 0 Å². The Bertz CT molecular complexity index is 518. The molecule has 2 rings (SSSR count). The van der Waals surface area contributed by atoms with Gasteiger partial charge < -0.3 is 4.74 Å². The lowest BCUT2D eigenvalue weighted by atomic mass is 10.3. The van der Waals surface area contributed by atoms with Crippen LogP contribution in [0.5, 0.6) is 5.75 Å². The average Bonchev–Trinajstić information content (AvgIpc) is 2.34. The van der Waals surface area contributed by atoms with Crippen molar-refractivity contribution in [1.29, 1.82) is 0 Å². The lowest BCUT2D eigenvalue weighted by Crippen LogP contribution is -1.86. The van der Waals surface area contributed by atoms with Crippen LogP contribution in [-0.4, -0.2) is 12.1 Å². The van der Waals surface area contributed by atoms with E-state index in [9.17, 15) is 4.39 Å². The third-order valence-electron chi connectivity index (χ3n) is 2.05. The minimum absolute atomic E-state index is 0.293. The highest BCUT2D eigenvalue weighted by Crippen LogP contribution is 2.30. The van der Waals surface area contributed by atoms with E-state index in [2.05, 4.69) is 4.98 Å². The molecule has 1 aromatic heterocycles. The zero-order valence-corrected chi connectivity index (χ0v) is 10.6. The first kappa shape index (κ1) is 12.2. The van der Waals surface area contributed by atoms with E-state index in [4.69, 9.17) is 16.3 Å². The maximum Gasteiger partial charge on any atom is 0.157 e. The number of benzene rings is 1. The number of ether oxygens (including phenoxy) is 1. The van der Waals surface area contributed by atoms with Gasteiger partial charge >= 0.3 is 0 Å². The number of hydrogen-bond donors (Lipinski definition) is 0. The van der Waals surface area contributed by atoms with Crippen LogP contribution in [0.15, 0.2) is 46.5 Å². The van der Waals surface area contributed by atoms with E-state index >= 15 is 0 Å². The van der Waals surface area contributed by atoms with Crippen molar-refractivity contribution in [3.05, 3.63) is 47.4 Å². The fourth-order valence-corrected chi connectivity index (χ4v) is 2.13. The number of aromatic nitrogens is 1. The summed E-state index contributed by atoms with van der Waals surface area (Å²) in [6, 6.07) is 8.57. The number of nitrogens with zero attached hydrogens (tertiary/aromatic N) is 1. The predicted molar refractivity (Wildman–Crippen MR) is 66.3 cm³/mol. The molecule has 0 fully saturated rings. The summed E-state index contributed by atoms with van der Waals surface area (Å²) < 4.78 is 18.5. The third kappa shape index (κ3) is 3.11. The smallest absolute Gasteiger partial charge is 0.157 e. The number of pyridine rings is 1. The molecule has 0 N–H and O–H groups in total. The van der Waals surface area contributed by atoms with Crippen LogP contribution in [0, 0.1) is 5.82 Å². The monoisotopic (exact) mass is 269 g/mol. The number of methoxy groups -OCH3 is 1. The minimum Gasteiger partial charge on any atom is -0.497 e. The fourth-order valence-electron chi connectivity index (χ4n) is 1.23. The standard InChI is InChI=1S/C12H9ClFNOS/c1-16-9-2-4-10(5-3-9)17-12-11(14)6-8(13)7-15-12/h2-7H,1H3. The van der Waals surface area contributed by atoms with E-state index in [1.807, 2.05) is 24.3 Å². The molecule has 0 aliphatic carbocycles. The molecule has 0 aliphatic rings. The second-order valence-corrected chi connectivity index (χ2v) is 4.72. The highest BCUT2D eigenvalue weighted by atomic mass is 35.5. The maximum atomic E-state index is 13.5. The number of rotatable bonds is 3. The summed E-state index contributed by atoms with van der Waals surface area (Å²) in [5.74, 6) is 0.345. The molecule has 0 radical (unpaired) electrons. The quantitative estimate of drug-likeness (QED) is 0.840. The molecule has 2 nitrogen and oxygen atoms in total. The molecule has 88 valence electrons. The average molecular weight is 270 g/mol. The summed E-state index contributed by atoms with van der Waals surface area (Å²) in [6.07, 6.45) is 1.43. The summed E-state index contributed by atoms with van der Waals surface area (Å²) in [5.41, 5.74) is 0. The molecular weight excluding hydrogens is 261 g/mol. The van der Waals surface area contributed by atoms with Crippen LogP contribution >= 0.6 is 23.4 Å². The molecule has 0 saturated carbocycles. The minimum atomic E-state index is -0.418. The van der Waals surface area contributed by atoms with E-state index in [0.717, 1.165) is 10.6 Å². The van der Waals surface area contributed by atoms with Gasteiger partial charge in [-0.1, -0.05) is 23.4 Å². The van der Waals surface area contributed by atoms with Crippen molar-refractivity contribution >= 4 is 23.4 Å². The van der Waals surface area contributed by atoms with E-state index < -0.39 is 5.82 Å². The van der Waals surface area contributed by atoms with Gasteiger partial charge in [-0.05, 0) is 30.3 Å². The Morgan fingerprint density at radius 1 is 1.29 bits per heavy atom. The van der Waals surface area contributed by atoms with Gasteiger partial charge in [-0.2, -0.15) is 0 Å². The maximum absolute atomic E-state index is 13.5.